The van der Waals surface area contributed by atoms with Crippen molar-refractivity contribution in [3.63, 3.8) is 0 Å². The smallest absolute Gasteiger partial charge is 0.259 e. The number of rotatable bonds is 4. The van der Waals surface area contributed by atoms with Gasteiger partial charge in [-0.1, -0.05) is 25.1 Å². The lowest BCUT2D eigenvalue weighted by atomic mass is 9.83. The van der Waals surface area contributed by atoms with Crippen LogP contribution in [0.1, 0.15) is 43.0 Å². The fourth-order valence-electron chi connectivity index (χ4n) is 3.84. The van der Waals surface area contributed by atoms with Gasteiger partial charge in [-0.05, 0) is 43.7 Å². The van der Waals surface area contributed by atoms with Crippen LogP contribution in [0.3, 0.4) is 0 Å². The maximum Gasteiger partial charge on any atom is 0.259 e. The van der Waals surface area contributed by atoms with Crippen LogP contribution < -0.4 is 5.32 Å². The summed E-state index contributed by atoms with van der Waals surface area (Å²) in [4.78, 5) is 27.3. The molecule has 26 heavy (non-hydrogen) atoms. The van der Waals surface area contributed by atoms with E-state index in [1.54, 1.807) is 18.2 Å². The molecule has 140 valence electrons. The molecular formula is C20H25FN2O3. The molecule has 1 N–H and O–H groups in total. The van der Waals surface area contributed by atoms with Crippen molar-refractivity contribution in [3.8, 4) is 0 Å². The molecule has 2 aliphatic rings. The average Bonchev–Trinajstić information content (AvgIpc) is 3.01. The minimum absolute atomic E-state index is 0.0301. The van der Waals surface area contributed by atoms with Gasteiger partial charge in [-0.15, -0.1) is 6.58 Å². The van der Waals surface area contributed by atoms with E-state index in [9.17, 15) is 14.0 Å². The van der Waals surface area contributed by atoms with E-state index in [1.807, 2.05) is 0 Å². The number of benzene rings is 1. The summed E-state index contributed by atoms with van der Waals surface area (Å²) in [5, 5.41) is 2.73. The summed E-state index contributed by atoms with van der Waals surface area (Å²) in [5.74, 6) is -0.837. The number of ether oxygens (including phenoxy) is 1. The summed E-state index contributed by atoms with van der Waals surface area (Å²) in [7, 11) is 0. The van der Waals surface area contributed by atoms with Gasteiger partial charge in [0.15, 0.2) is 0 Å². The van der Waals surface area contributed by atoms with Gasteiger partial charge in [0, 0.05) is 6.54 Å². The third-order valence-electron chi connectivity index (χ3n) is 5.36. The number of nitrogens with one attached hydrogen (secondary N) is 1. The van der Waals surface area contributed by atoms with Crippen molar-refractivity contribution in [2.24, 2.45) is 5.92 Å². The summed E-state index contributed by atoms with van der Waals surface area (Å²) >= 11 is 0. The number of amides is 2. The molecule has 1 atom stereocenters. The van der Waals surface area contributed by atoms with Crippen molar-refractivity contribution in [2.75, 3.05) is 13.2 Å². The first-order valence-electron chi connectivity index (χ1n) is 9.09. The molecule has 2 amide bonds. The summed E-state index contributed by atoms with van der Waals surface area (Å²) < 4.78 is 20.3. The van der Waals surface area contributed by atoms with Gasteiger partial charge >= 0.3 is 0 Å². The summed E-state index contributed by atoms with van der Waals surface area (Å²) in [6.45, 7) is 6.18. The largest absolute Gasteiger partial charge is 0.353 e. The van der Waals surface area contributed by atoms with E-state index in [0.29, 0.717) is 25.3 Å². The molecule has 1 saturated carbocycles. The highest BCUT2D eigenvalue weighted by molar-refractivity contribution is 5.98. The SMILES string of the molecule is C=CCNC(=O)C1COC2(CCC(C)CC2)N1C(=O)c1ccccc1F. The van der Waals surface area contributed by atoms with Gasteiger partial charge in [-0.3, -0.25) is 14.5 Å². The topological polar surface area (TPSA) is 58.6 Å². The van der Waals surface area contributed by atoms with Crippen LogP contribution in [0, 0.1) is 11.7 Å². The lowest BCUT2D eigenvalue weighted by Gasteiger charge is -2.43. The Morgan fingerprint density at radius 2 is 2.08 bits per heavy atom. The highest BCUT2D eigenvalue weighted by Gasteiger charge is 2.53. The van der Waals surface area contributed by atoms with Gasteiger partial charge in [0.05, 0.1) is 12.2 Å². The molecule has 3 rings (SSSR count). The van der Waals surface area contributed by atoms with Gasteiger partial charge in [0.1, 0.15) is 17.6 Å². The first-order chi connectivity index (χ1) is 12.5. The number of carbonyl (C=O) groups excluding carboxylic acids is 2. The number of nitrogens with zero attached hydrogens (tertiary/aromatic N) is 1. The Balaban J connectivity index is 1.94. The first-order valence-corrected chi connectivity index (χ1v) is 9.09. The average molecular weight is 360 g/mol. The van der Waals surface area contributed by atoms with E-state index in [1.165, 1.54) is 17.0 Å². The van der Waals surface area contributed by atoms with E-state index in [2.05, 4.69) is 18.8 Å². The number of carbonyl (C=O) groups is 2. The maximum absolute atomic E-state index is 14.2. The molecule has 1 heterocycles. The Labute approximate surface area is 153 Å². The van der Waals surface area contributed by atoms with E-state index in [-0.39, 0.29) is 18.1 Å². The first kappa shape index (κ1) is 18.6. The summed E-state index contributed by atoms with van der Waals surface area (Å²) in [6.07, 6.45) is 4.69. The molecule has 1 aromatic carbocycles. The molecule has 6 heteroatoms. The minimum Gasteiger partial charge on any atom is -0.353 e. The van der Waals surface area contributed by atoms with Crippen molar-refractivity contribution in [3.05, 3.63) is 48.3 Å². The Morgan fingerprint density at radius 1 is 1.38 bits per heavy atom. The molecule has 1 aliphatic heterocycles. The van der Waals surface area contributed by atoms with Crippen LogP contribution >= 0.6 is 0 Å². The van der Waals surface area contributed by atoms with Crippen molar-refractivity contribution < 1.29 is 18.7 Å². The molecule has 5 nitrogen and oxygen atoms in total. The van der Waals surface area contributed by atoms with Crippen molar-refractivity contribution in [1.82, 2.24) is 10.2 Å². The third kappa shape index (κ3) is 3.38. The zero-order valence-electron chi connectivity index (χ0n) is 15.0. The normalized spacial score (nSPS) is 28.2. The zero-order valence-corrected chi connectivity index (χ0v) is 15.0. The Morgan fingerprint density at radius 3 is 2.73 bits per heavy atom. The number of hydrogen-bond acceptors (Lipinski definition) is 3. The standard InChI is InChI=1S/C20H25FN2O3/c1-3-12-22-18(24)17-13-26-20(10-8-14(2)9-11-20)23(17)19(25)15-6-4-5-7-16(15)21/h3-7,14,17H,1,8-13H2,2H3,(H,22,24). The van der Waals surface area contributed by atoms with Crippen molar-refractivity contribution in [2.45, 2.75) is 44.4 Å². The molecule has 0 bridgehead atoms. The van der Waals surface area contributed by atoms with Gasteiger partial charge in [-0.2, -0.15) is 0 Å². The number of halogens is 1. The minimum atomic E-state index is -0.831. The molecular weight excluding hydrogens is 335 g/mol. The predicted octanol–water partition coefficient (Wildman–Crippen LogP) is 2.88. The van der Waals surface area contributed by atoms with Gasteiger partial charge < -0.3 is 10.1 Å². The molecule has 1 aromatic rings. The highest BCUT2D eigenvalue weighted by Crippen LogP contribution is 2.43. The summed E-state index contributed by atoms with van der Waals surface area (Å²) in [6, 6.07) is 5.10. The van der Waals surface area contributed by atoms with Crippen LogP contribution in [0.25, 0.3) is 0 Å². The summed E-state index contributed by atoms with van der Waals surface area (Å²) in [5.41, 5.74) is -0.861. The van der Waals surface area contributed by atoms with E-state index in [0.717, 1.165) is 12.8 Å². The Kier molecular flexibility index (Phi) is 5.41. The van der Waals surface area contributed by atoms with Crippen LogP contribution in [0.4, 0.5) is 4.39 Å². The Hall–Kier alpha value is -2.21. The second-order valence-corrected chi connectivity index (χ2v) is 7.14. The molecule has 0 aromatic heterocycles. The zero-order chi connectivity index (χ0) is 18.7. The lowest BCUT2D eigenvalue weighted by molar-refractivity contribution is -0.127. The fraction of sp³-hybridized carbons (Fsp3) is 0.500. The number of hydrogen-bond donors (Lipinski definition) is 1. The van der Waals surface area contributed by atoms with Crippen molar-refractivity contribution in [1.29, 1.82) is 0 Å². The molecule has 1 aliphatic carbocycles. The van der Waals surface area contributed by atoms with Crippen LogP contribution in [-0.2, 0) is 9.53 Å². The van der Waals surface area contributed by atoms with Crippen molar-refractivity contribution >= 4 is 11.8 Å². The molecule has 1 saturated heterocycles. The highest BCUT2D eigenvalue weighted by atomic mass is 19.1. The van der Waals surface area contributed by atoms with E-state index in [4.69, 9.17) is 4.74 Å². The third-order valence-corrected chi connectivity index (χ3v) is 5.36. The molecule has 1 spiro atoms. The maximum atomic E-state index is 14.2. The van der Waals surface area contributed by atoms with Gasteiger partial charge in [-0.25, -0.2) is 4.39 Å². The second kappa shape index (κ2) is 7.58. The van der Waals surface area contributed by atoms with Gasteiger partial charge in [0.2, 0.25) is 5.91 Å². The Bertz CT molecular complexity index is 698. The van der Waals surface area contributed by atoms with Crippen LogP contribution in [0.5, 0.6) is 0 Å². The fourth-order valence-corrected chi connectivity index (χ4v) is 3.84. The molecule has 1 unspecified atom stereocenters. The monoisotopic (exact) mass is 360 g/mol. The van der Waals surface area contributed by atoms with E-state index < -0.39 is 23.5 Å². The van der Waals surface area contributed by atoms with Crippen LogP contribution in [0.15, 0.2) is 36.9 Å². The second-order valence-electron chi connectivity index (χ2n) is 7.14. The molecule has 2 fully saturated rings. The lowest BCUT2D eigenvalue weighted by Crippen LogP contribution is -2.57. The van der Waals surface area contributed by atoms with Crippen LogP contribution in [-0.4, -0.2) is 41.6 Å². The van der Waals surface area contributed by atoms with Gasteiger partial charge in [0.25, 0.3) is 5.91 Å². The van der Waals surface area contributed by atoms with Crippen LogP contribution in [0.2, 0.25) is 0 Å². The molecule has 0 radical (unpaired) electrons. The van der Waals surface area contributed by atoms with E-state index >= 15 is 0 Å². The predicted molar refractivity (Wildman–Crippen MR) is 95.9 cm³/mol. The quantitative estimate of drug-likeness (QED) is 0.840.